The third kappa shape index (κ3) is 3.30. The smallest absolute Gasteiger partial charge is 0.120 e. The van der Waals surface area contributed by atoms with Crippen LogP contribution < -0.4 is 5.32 Å². The molecule has 0 saturated carbocycles. The van der Waals surface area contributed by atoms with Crippen LogP contribution in [0.3, 0.4) is 0 Å². The monoisotopic (exact) mass is 270 g/mol. The zero-order valence-electron chi connectivity index (χ0n) is 12.0. The fourth-order valence-electron chi connectivity index (χ4n) is 2.93. The van der Waals surface area contributed by atoms with Gasteiger partial charge in [-0.15, -0.1) is 0 Å². The lowest BCUT2D eigenvalue weighted by Crippen LogP contribution is -2.34. The maximum atomic E-state index is 5.45. The lowest BCUT2D eigenvalue weighted by atomic mass is 10.2. The molecule has 0 aliphatic carbocycles. The summed E-state index contributed by atoms with van der Waals surface area (Å²) in [6, 6.07) is 15.5. The SMILES string of the molecule is C[C@@H](NC1CCN(Cc2ccccc2)C1)c1ccco1. The van der Waals surface area contributed by atoms with Gasteiger partial charge in [0.25, 0.3) is 0 Å². The molecule has 1 unspecified atom stereocenters. The second-order valence-electron chi connectivity index (χ2n) is 5.61. The Morgan fingerprint density at radius 1 is 1.25 bits per heavy atom. The average Bonchev–Trinajstić information content (AvgIpc) is 3.11. The van der Waals surface area contributed by atoms with Crippen molar-refractivity contribution in [1.29, 1.82) is 0 Å². The van der Waals surface area contributed by atoms with Gasteiger partial charge < -0.3 is 9.73 Å². The molecular weight excluding hydrogens is 248 g/mol. The van der Waals surface area contributed by atoms with E-state index in [1.165, 1.54) is 12.0 Å². The fourth-order valence-corrected chi connectivity index (χ4v) is 2.93. The third-order valence-corrected chi connectivity index (χ3v) is 3.98. The predicted molar refractivity (Wildman–Crippen MR) is 80.4 cm³/mol. The second-order valence-corrected chi connectivity index (χ2v) is 5.61. The molecule has 1 saturated heterocycles. The number of furan rings is 1. The molecule has 3 heteroatoms. The number of hydrogen-bond donors (Lipinski definition) is 1. The topological polar surface area (TPSA) is 28.4 Å². The van der Waals surface area contributed by atoms with E-state index in [0.717, 1.165) is 25.4 Å². The van der Waals surface area contributed by atoms with Crippen LogP contribution in [0.1, 0.15) is 30.7 Å². The molecule has 2 aromatic rings. The Kier molecular flexibility index (Phi) is 4.19. The summed E-state index contributed by atoms with van der Waals surface area (Å²) in [5.41, 5.74) is 1.40. The van der Waals surface area contributed by atoms with Crippen LogP contribution in [-0.4, -0.2) is 24.0 Å². The van der Waals surface area contributed by atoms with E-state index < -0.39 is 0 Å². The van der Waals surface area contributed by atoms with Crippen LogP contribution in [0.4, 0.5) is 0 Å². The van der Waals surface area contributed by atoms with Gasteiger partial charge >= 0.3 is 0 Å². The minimum atomic E-state index is 0.284. The fraction of sp³-hybridized carbons (Fsp3) is 0.412. The summed E-state index contributed by atoms with van der Waals surface area (Å²) < 4.78 is 5.45. The Bertz CT molecular complexity index is 509. The van der Waals surface area contributed by atoms with E-state index in [2.05, 4.69) is 47.5 Å². The molecule has 0 amide bonds. The van der Waals surface area contributed by atoms with Gasteiger partial charge in [0.15, 0.2) is 0 Å². The summed E-state index contributed by atoms with van der Waals surface area (Å²) in [5.74, 6) is 1.02. The van der Waals surface area contributed by atoms with Crippen LogP contribution in [0.2, 0.25) is 0 Å². The number of benzene rings is 1. The molecule has 3 nitrogen and oxygen atoms in total. The van der Waals surface area contributed by atoms with Crippen molar-refractivity contribution in [2.45, 2.75) is 32.0 Å². The molecule has 0 spiro atoms. The molecule has 1 N–H and O–H groups in total. The normalized spacial score (nSPS) is 21.1. The average molecular weight is 270 g/mol. The van der Waals surface area contributed by atoms with Crippen molar-refractivity contribution in [3.05, 3.63) is 60.1 Å². The first-order valence-electron chi connectivity index (χ1n) is 7.37. The molecule has 106 valence electrons. The minimum absolute atomic E-state index is 0.284. The Morgan fingerprint density at radius 2 is 2.10 bits per heavy atom. The molecule has 1 aromatic carbocycles. The molecule has 2 heterocycles. The van der Waals surface area contributed by atoms with Crippen molar-refractivity contribution in [3.8, 4) is 0 Å². The molecule has 3 rings (SSSR count). The van der Waals surface area contributed by atoms with Crippen molar-refractivity contribution in [1.82, 2.24) is 10.2 Å². The van der Waals surface area contributed by atoms with Gasteiger partial charge in [-0.2, -0.15) is 0 Å². The zero-order valence-corrected chi connectivity index (χ0v) is 12.0. The van der Waals surface area contributed by atoms with Crippen LogP contribution in [0.15, 0.2) is 53.1 Å². The molecule has 20 heavy (non-hydrogen) atoms. The highest BCUT2D eigenvalue weighted by atomic mass is 16.3. The maximum Gasteiger partial charge on any atom is 0.120 e. The molecule has 0 bridgehead atoms. The highest BCUT2D eigenvalue weighted by Crippen LogP contribution is 2.18. The van der Waals surface area contributed by atoms with Crippen molar-refractivity contribution in [3.63, 3.8) is 0 Å². The van der Waals surface area contributed by atoms with Crippen molar-refractivity contribution >= 4 is 0 Å². The molecule has 2 atom stereocenters. The van der Waals surface area contributed by atoms with E-state index in [1.54, 1.807) is 6.26 Å². The van der Waals surface area contributed by atoms with Crippen molar-refractivity contribution in [2.75, 3.05) is 13.1 Å². The van der Waals surface area contributed by atoms with E-state index in [-0.39, 0.29) is 6.04 Å². The van der Waals surface area contributed by atoms with Crippen molar-refractivity contribution in [2.24, 2.45) is 0 Å². The van der Waals surface area contributed by atoms with Gasteiger partial charge in [-0.25, -0.2) is 0 Å². The van der Waals surface area contributed by atoms with E-state index >= 15 is 0 Å². The Morgan fingerprint density at radius 3 is 2.85 bits per heavy atom. The van der Waals surface area contributed by atoms with E-state index in [9.17, 15) is 0 Å². The third-order valence-electron chi connectivity index (χ3n) is 3.98. The second kappa shape index (κ2) is 6.25. The standard InChI is InChI=1S/C17H22N2O/c1-14(17-8-5-11-20-17)18-16-9-10-19(13-16)12-15-6-3-2-4-7-15/h2-8,11,14,16,18H,9-10,12-13H2,1H3/t14-,16?/m1/s1. The van der Waals surface area contributed by atoms with Gasteiger partial charge in [-0.3, -0.25) is 4.90 Å². The van der Waals surface area contributed by atoms with Gasteiger partial charge in [0, 0.05) is 25.7 Å². The van der Waals surface area contributed by atoms with Crippen LogP contribution in [0.5, 0.6) is 0 Å². The number of likely N-dealkylation sites (tertiary alicyclic amines) is 1. The Balaban J connectivity index is 1.50. The van der Waals surface area contributed by atoms with Crippen LogP contribution in [-0.2, 0) is 6.54 Å². The summed E-state index contributed by atoms with van der Waals surface area (Å²) in [7, 11) is 0. The van der Waals surface area contributed by atoms with Crippen molar-refractivity contribution < 1.29 is 4.42 Å². The first kappa shape index (κ1) is 13.4. The quantitative estimate of drug-likeness (QED) is 0.904. The number of nitrogens with one attached hydrogen (secondary N) is 1. The Hall–Kier alpha value is -1.58. The van der Waals surface area contributed by atoms with Gasteiger partial charge in [-0.1, -0.05) is 30.3 Å². The highest BCUT2D eigenvalue weighted by Gasteiger charge is 2.24. The molecular formula is C17H22N2O. The first-order chi connectivity index (χ1) is 9.81. The van der Waals surface area contributed by atoms with E-state index in [1.807, 2.05) is 12.1 Å². The number of hydrogen-bond acceptors (Lipinski definition) is 3. The molecule has 1 fully saturated rings. The highest BCUT2D eigenvalue weighted by molar-refractivity contribution is 5.14. The molecule has 1 aliphatic rings. The first-order valence-corrected chi connectivity index (χ1v) is 7.37. The van der Waals surface area contributed by atoms with Gasteiger partial charge in [0.2, 0.25) is 0 Å². The summed E-state index contributed by atoms with van der Waals surface area (Å²) in [4.78, 5) is 2.52. The summed E-state index contributed by atoms with van der Waals surface area (Å²) in [6.45, 7) is 5.49. The zero-order chi connectivity index (χ0) is 13.8. The number of nitrogens with zero attached hydrogens (tertiary/aromatic N) is 1. The summed E-state index contributed by atoms with van der Waals surface area (Å²) >= 11 is 0. The maximum absolute atomic E-state index is 5.45. The van der Waals surface area contributed by atoms with Gasteiger partial charge in [-0.05, 0) is 31.0 Å². The van der Waals surface area contributed by atoms with E-state index in [4.69, 9.17) is 4.42 Å². The van der Waals surface area contributed by atoms with Crippen LogP contribution in [0, 0.1) is 0 Å². The lowest BCUT2D eigenvalue weighted by Gasteiger charge is -2.19. The molecule has 1 aliphatic heterocycles. The predicted octanol–water partition coefficient (Wildman–Crippen LogP) is 3.20. The molecule has 0 radical (unpaired) electrons. The van der Waals surface area contributed by atoms with Crippen LogP contribution in [0.25, 0.3) is 0 Å². The summed E-state index contributed by atoms with van der Waals surface area (Å²) in [5, 5.41) is 3.66. The molecule has 1 aromatic heterocycles. The van der Waals surface area contributed by atoms with Gasteiger partial charge in [0.1, 0.15) is 5.76 Å². The van der Waals surface area contributed by atoms with E-state index in [0.29, 0.717) is 6.04 Å². The minimum Gasteiger partial charge on any atom is -0.468 e. The van der Waals surface area contributed by atoms with Gasteiger partial charge in [0.05, 0.1) is 12.3 Å². The largest absolute Gasteiger partial charge is 0.468 e. The lowest BCUT2D eigenvalue weighted by molar-refractivity contribution is 0.311. The number of rotatable bonds is 5. The summed E-state index contributed by atoms with van der Waals surface area (Å²) in [6.07, 6.45) is 2.95. The Labute approximate surface area is 120 Å². The van der Waals surface area contributed by atoms with Crippen LogP contribution >= 0.6 is 0 Å².